The summed E-state index contributed by atoms with van der Waals surface area (Å²) in [5.41, 5.74) is -0.0283. The van der Waals surface area contributed by atoms with Crippen LogP contribution in [0.2, 0.25) is 18.1 Å². The maximum Gasteiger partial charge on any atom is 0.338 e. The van der Waals surface area contributed by atoms with Crippen molar-refractivity contribution in [1.29, 1.82) is 0 Å². The summed E-state index contributed by atoms with van der Waals surface area (Å²) in [6.45, 7) is 15.0. The summed E-state index contributed by atoms with van der Waals surface area (Å²) < 4.78 is 18.7. The minimum absolute atomic E-state index is 0.0760. The molecule has 2 rings (SSSR count). The Labute approximate surface area is 188 Å². The Balaban J connectivity index is 2.19. The first-order valence-corrected chi connectivity index (χ1v) is 14.0. The van der Waals surface area contributed by atoms with Gasteiger partial charge in [0, 0.05) is 18.3 Å². The van der Waals surface area contributed by atoms with E-state index in [1.54, 1.807) is 12.1 Å². The van der Waals surface area contributed by atoms with Crippen molar-refractivity contribution >= 4 is 14.3 Å². The van der Waals surface area contributed by atoms with E-state index in [-0.39, 0.29) is 36.2 Å². The van der Waals surface area contributed by atoms with Crippen LogP contribution in [0.5, 0.6) is 0 Å². The second-order valence-electron chi connectivity index (χ2n) is 10.7. The molecule has 1 fully saturated rings. The number of ether oxygens (including phenoxy) is 2. The first-order chi connectivity index (χ1) is 14.3. The van der Waals surface area contributed by atoms with Gasteiger partial charge >= 0.3 is 5.97 Å². The molecule has 0 aromatic heterocycles. The Morgan fingerprint density at radius 2 is 1.87 bits per heavy atom. The van der Waals surface area contributed by atoms with Crippen LogP contribution in [0.4, 0.5) is 0 Å². The van der Waals surface area contributed by atoms with E-state index in [0.717, 1.165) is 0 Å². The predicted molar refractivity (Wildman–Crippen MR) is 124 cm³/mol. The van der Waals surface area contributed by atoms with Gasteiger partial charge in [-0.1, -0.05) is 52.8 Å². The highest BCUT2D eigenvalue weighted by molar-refractivity contribution is 6.74. The molecule has 1 aliphatic rings. The second-order valence-corrected chi connectivity index (χ2v) is 15.5. The minimum Gasteiger partial charge on any atom is -0.458 e. The molecule has 1 aliphatic heterocycles. The normalized spacial score (nSPS) is 25.1. The third kappa shape index (κ3) is 6.62. The van der Waals surface area contributed by atoms with Gasteiger partial charge in [-0.25, -0.2) is 4.79 Å². The van der Waals surface area contributed by atoms with Gasteiger partial charge in [-0.05, 0) is 30.3 Å². The average molecular weight is 453 g/mol. The number of aliphatic hydroxyl groups excluding tert-OH is 2. The molecule has 6 nitrogen and oxygen atoms in total. The lowest BCUT2D eigenvalue weighted by Crippen LogP contribution is -2.55. The van der Waals surface area contributed by atoms with E-state index in [4.69, 9.17) is 13.9 Å². The molecule has 0 aliphatic carbocycles. The van der Waals surface area contributed by atoms with Gasteiger partial charge in [0.05, 0.1) is 37.1 Å². The minimum atomic E-state index is -1.97. The molecule has 0 spiro atoms. The second kappa shape index (κ2) is 10.1. The fourth-order valence-electron chi connectivity index (χ4n) is 3.49. The van der Waals surface area contributed by atoms with E-state index < -0.39 is 25.9 Å². The zero-order valence-electron chi connectivity index (χ0n) is 20.1. The SMILES string of the molecule is CC1(C)[C@H](OC(=O)c2ccccc2)C[C@@H](CO[Si](C)(C)C(C)(C)C)O[C@@H]1C[C@H](O)CO. The van der Waals surface area contributed by atoms with Gasteiger partial charge in [-0.3, -0.25) is 0 Å². The summed E-state index contributed by atoms with van der Waals surface area (Å²) in [7, 11) is -1.97. The highest BCUT2D eigenvalue weighted by atomic mass is 28.4. The third-order valence-electron chi connectivity index (χ3n) is 6.89. The molecule has 1 aromatic carbocycles. The quantitative estimate of drug-likeness (QED) is 0.455. The number of carbonyl (C=O) groups is 1. The van der Waals surface area contributed by atoms with E-state index in [0.29, 0.717) is 18.6 Å². The zero-order chi connectivity index (χ0) is 23.4. The topological polar surface area (TPSA) is 85.2 Å². The number of hydrogen-bond donors (Lipinski definition) is 2. The molecule has 0 unspecified atom stereocenters. The summed E-state index contributed by atoms with van der Waals surface area (Å²) in [6.07, 6.45) is -1.16. The van der Waals surface area contributed by atoms with Crippen molar-refractivity contribution < 1.29 is 28.9 Å². The average Bonchev–Trinajstić information content (AvgIpc) is 2.69. The van der Waals surface area contributed by atoms with Gasteiger partial charge < -0.3 is 24.1 Å². The molecule has 0 amide bonds. The lowest BCUT2D eigenvalue weighted by Gasteiger charge is -2.48. The fourth-order valence-corrected chi connectivity index (χ4v) is 4.53. The number of aliphatic hydroxyl groups is 2. The lowest BCUT2D eigenvalue weighted by molar-refractivity contribution is -0.191. The van der Waals surface area contributed by atoms with Crippen LogP contribution in [0.1, 0.15) is 57.8 Å². The van der Waals surface area contributed by atoms with Crippen LogP contribution in [0, 0.1) is 5.41 Å². The van der Waals surface area contributed by atoms with Crippen molar-refractivity contribution in [3.05, 3.63) is 35.9 Å². The maximum atomic E-state index is 12.8. The highest BCUT2D eigenvalue weighted by Crippen LogP contribution is 2.42. The van der Waals surface area contributed by atoms with Crippen LogP contribution in [0.25, 0.3) is 0 Å². The third-order valence-corrected chi connectivity index (χ3v) is 11.4. The standard InChI is InChI=1S/C24H40O6Si/c1-23(2,3)31(6,7)28-16-19-14-21(30-22(27)17-11-9-8-10-12-17)24(4,5)20(29-19)13-18(26)15-25/h8-12,18-21,25-26H,13-16H2,1-7H3/t18-,19-,20+,21+/m0/s1. The summed E-state index contributed by atoms with van der Waals surface area (Å²) in [4.78, 5) is 12.8. The number of hydrogen-bond acceptors (Lipinski definition) is 6. The number of rotatable bonds is 8. The fraction of sp³-hybridized carbons (Fsp3) is 0.708. The number of carbonyl (C=O) groups excluding carboxylic acids is 1. The molecule has 2 N–H and O–H groups in total. The Bertz CT molecular complexity index is 713. The van der Waals surface area contributed by atoms with E-state index in [2.05, 4.69) is 33.9 Å². The highest BCUT2D eigenvalue weighted by Gasteiger charge is 2.48. The molecule has 4 atom stereocenters. The first kappa shape index (κ1) is 26.0. The Hall–Kier alpha value is -1.25. The number of benzene rings is 1. The van der Waals surface area contributed by atoms with Crippen molar-refractivity contribution in [2.45, 2.75) is 90.0 Å². The Kier molecular flexibility index (Phi) is 8.50. The number of esters is 1. The van der Waals surface area contributed by atoms with Gasteiger partial charge in [0.25, 0.3) is 0 Å². The molecular weight excluding hydrogens is 412 g/mol. The van der Waals surface area contributed by atoms with Crippen LogP contribution in [-0.4, -0.2) is 62.1 Å². The molecule has 1 heterocycles. The van der Waals surface area contributed by atoms with Crippen molar-refractivity contribution in [3.8, 4) is 0 Å². The predicted octanol–water partition coefficient (Wildman–Crippen LogP) is 4.16. The van der Waals surface area contributed by atoms with Crippen LogP contribution < -0.4 is 0 Å². The molecule has 1 aromatic rings. The monoisotopic (exact) mass is 452 g/mol. The van der Waals surface area contributed by atoms with Crippen molar-refractivity contribution in [1.82, 2.24) is 0 Å². The van der Waals surface area contributed by atoms with Crippen LogP contribution >= 0.6 is 0 Å². The first-order valence-electron chi connectivity index (χ1n) is 11.1. The maximum absolute atomic E-state index is 12.8. The Morgan fingerprint density at radius 1 is 1.26 bits per heavy atom. The summed E-state index contributed by atoms with van der Waals surface area (Å²) in [5.74, 6) is -0.369. The summed E-state index contributed by atoms with van der Waals surface area (Å²) in [5, 5.41) is 19.5. The molecular formula is C24H40O6Si. The Morgan fingerprint density at radius 3 is 2.42 bits per heavy atom. The van der Waals surface area contributed by atoms with Gasteiger partial charge in [-0.15, -0.1) is 0 Å². The molecule has 1 saturated heterocycles. The molecule has 0 saturated carbocycles. The van der Waals surface area contributed by atoms with Crippen molar-refractivity contribution in [3.63, 3.8) is 0 Å². The summed E-state index contributed by atoms with van der Waals surface area (Å²) in [6, 6.07) is 8.94. The van der Waals surface area contributed by atoms with Gasteiger partial charge in [0.15, 0.2) is 8.32 Å². The molecule has 0 bridgehead atoms. The zero-order valence-corrected chi connectivity index (χ0v) is 21.1. The van der Waals surface area contributed by atoms with Crippen molar-refractivity contribution in [2.24, 2.45) is 5.41 Å². The van der Waals surface area contributed by atoms with Crippen LogP contribution in [0.3, 0.4) is 0 Å². The lowest BCUT2D eigenvalue weighted by atomic mass is 9.74. The van der Waals surface area contributed by atoms with Crippen LogP contribution in [0.15, 0.2) is 30.3 Å². The van der Waals surface area contributed by atoms with E-state index in [9.17, 15) is 15.0 Å². The largest absolute Gasteiger partial charge is 0.458 e. The van der Waals surface area contributed by atoms with Crippen molar-refractivity contribution in [2.75, 3.05) is 13.2 Å². The van der Waals surface area contributed by atoms with Gasteiger partial charge in [-0.2, -0.15) is 0 Å². The summed E-state index contributed by atoms with van der Waals surface area (Å²) >= 11 is 0. The van der Waals surface area contributed by atoms with E-state index in [1.165, 1.54) is 0 Å². The van der Waals surface area contributed by atoms with E-state index in [1.807, 2.05) is 32.0 Å². The molecule has 176 valence electrons. The van der Waals surface area contributed by atoms with Crippen LogP contribution in [-0.2, 0) is 13.9 Å². The smallest absolute Gasteiger partial charge is 0.338 e. The molecule has 0 radical (unpaired) electrons. The van der Waals surface area contributed by atoms with Gasteiger partial charge in [0.2, 0.25) is 0 Å². The molecule has 7 heteroatoms. The van der Waals surface area contributed by atoms with E-state index >= 15 is 0 Å². The molecule has 31 heavy (non-hydrogen) atoms. The van der Waals surface area contributed by atoms with Gasteiger partial charge in [0.1, 0.15) is 6.10 Å².